The average Bonchev–Trinajstić information content (AvgIpc) is 2.34. The molecular weight excluding hydrogens is 162 g/mol. The van der Waals surface area contributed by atoms with E-state index in [2.05, 4.69) is 17.8 Å². The molecule has 0 saturated heterocycles. The number of rotatable bonds is 3. The molecule has 2 N–H and O–H groups in total. The predicted molar refractivity (Wildman–Crippen MR) is 54.2 cm³/mol. The molecule has 1 aromatic heterocycles. The number of aromatic nitrogens is 2. The van der Waals surface area contributed by atoms with Crippen LogP contribution in [0.15, 0.2) is 0 Å². The molecule has 0 atom stereocenters. The highest BCUT2D eigenvalue weighted by Gasteiger charge is 2.09. The van der Waals surface area contributed by atoms with Crippen LogP contribution in [0, 0.1) is 19.3 Å². The molecule has 1 rings (SSSR count). The summed E-state index contributed by atoms with van der Waals surface area (Å²) in [4.78, 5) is 4.36. The third-order valence-corrected chi connectivity index (χ3v) is 2.01. The molecular formula is C10H15N3. The minimum atomic E-state index is 0.508. The van der Waals surface area contributed by atoms with Crippen LogP contribution in [-0.4, -0.2) is 9.55 Å². The van der Waals surface area contributed by atoms with Crippen molar-refractivity contribution in [3.05, 3.63) is 11.5 Å². The van der Waals surface area contributed by atoms with Gasteiger partial charge in [-0.25, -0.2) is 4.98 Å². The van der Waals surface area contributed by atoms with Crippen molar-refractivity contribution in [3.8, 4) is 12.3 Å². The first kappa shape index (κ1) is 9.66. The Balaban J connectivity index is 3.01. The molecule has 0 aliphatic rings. The summed E-state index contributed by atoms with van der Waals surface area (Å²) < 4.78 is 1.87. The zero-order chi connectivity index (χ0) is 9.84. The third-order valence-electron chi connectivity index (χ3n) is 2.01. The Morgan fingerprint density at radius 1 is 1.62 bits per heavy atom. The summed E-state index contributed by atoms with van der Waals surface area (Å²) in [6, 6.07) is 0. The molecule has 0 spiro atoms. The number of hydrogen-bond acceptors (Lipinski definition) is 2. The van der Waals surface area contributed by atoms with Gasteiger partial charge in [-0.15, -0.1) is 6.42 Å². The Hall–Kier alpha value is -1.43. The van der Waals surface area contributed by atoms with E-state index in [0.717, 1.165) is 30.2 Å². The average molecular weight is 177 g/mol. The van der Waals surface area contributed by atoms with Gasteiger partial charge in [-0.3, -0.25) is 0 Å². The van der Waals surface area contributed by atoms with E-state index < -0.39 is 0 Å². The van der Waals surface area contributed by atoms with Crippen molar-refractivity contribution < 1.29 is 0 Å². The molecule has 70 valence electrons. The van der Waals surface area contributed by atoms with Gasteiger partial charge in [0.1, 0.15) is 11.6 Å². The quantitative estimate of drug-likeness (QED) is 0.708. The minimum absolute atomic E-state index is 0.508. The number of imidazole rings is 1. The molecule has 0 unspecified atom stereocenters. The maximum absolute atomic E-state index is 5.88. The molecule has 0 aliphatic carbocycles. The lowest BCUT2D eigenvalue weighted by Crippen LogP contribution is -2.04. The maximum atomic E-state index is 5.88. The second kappa shape index (κ2) is 3.99. The van der Waals surface area contributed by atoms with Crippen molar-refractivity contribution in [1.29, 1.82) is 0 Å². The summed E-state index contributed by atoms with van der Waals surface area (Å²) in [7, 11) is 0. The van der Waals surface area contributed by atoms with E-state index in [0.29, 0.717) is 6.54 Å². The standard InChI is InChI=1S/C10H15N3/c1-4-6-9-10(11)13(7-5-2)8(3)12-9/h2H,4,6-7,11H2,1,3H3. The highest BCUT2D eigenvalue weighted by molar-refractivity contribution is 5.38. The molecule has 0 bridgehead atoms. The first-order valence-corrected chi connectivity index (χ1v) is 4.45. The SMILES string of the molecule is C#CCn1c(C)nc(CCC)c1N. The Labute approximate surface area is 79.0 Å². The Bertz CT molecular complexity index is 331. The van der Waals surface area contributed by atoms with Gasteiger partial charge in [-0.05, 0) is 13.3 Å². The summed E-state index contributed by atoms with van der Waals surface area (Å²) >= 11 is 0. The number of aryl methyl sites for hydroxylation is 2. The highest BCUT2D eigenvalue weighted by Crippen LogP contribution is 2.15. The van der Waals surface area contributed by atoms with E-state index in [-0.39, 0.29) is 0 Å². The minimum Gasteiger partial charge on any atom is -0.384 e. The Kier molecular flexibility index (Phi) is 2.97. The number of hydrogen-bond donors (Lipinski definition) is 1. The smallest absolute Gasteiger partial charge is 0.127 e. The van der Waals surface area contributed by atoms with Crippen LogP contribution in [0.2, 0.25) is 0 Å². The van der Waals surface area contributed by atoms with E-state index in [9.17, 15) is 0 Å². The normalized spacial score (nSPS) is 9.92. The van der Waals surface area contributed by atoms with Gasteiger partial charge in [0.25, 0.3) is 0 Å². The lowest BCUT2D eigenvalue weighted by molar-refractivity contribution is 0.807. The zero-order valence-electron chi connectivity index (χ0n) is 8.17. The van der Waals surface area contributed by atoms with Crippen LogP contribution in [0.3, 0.4) is 0 Å². The largest absolute Gasteiger partial charge is 0.384 e. The summed E-state index contributed by atoms with van der Waals surface area (Å²) in [6.45, 7) is 4.54. The first-order valence-electron chi connectivity index (χ1n) is 4.45. The predicted octanol–water partition coefficient (Wildman–Crippen LogP) is 1.36. The van der Waals surface area contributed by atoms with Crippen LogP contribution in [-0.2, 0) is 13.0 Å². The van der Waals surface area contributed by atoms with Gasteiger partial charge in [-0.2, -0.15) is 0 Å². The number of nitrogen functional groups attached to an aromatic ring is 1. The lowest BCUT2D eigenvalue weighted by Gasteiger charge is -2.01. The summed E-state index contributed by atoms with van der Waals surface area (Å²) in [5.41, 5.74) is 6.85. The first-order chi connectivity index (χ1) is 6.20. The van der Waals surface area contributed by atoms with Crippen LogP contribution in [0.4, 0.5) is 5.82 Å². The Morgan fingerprint density at radius 2 is 2.31 bits per heavy atom. The van der Waals surface area contributed by atoms with Crippen LogP contribution < -0.4 is 5.73 Å². The fraction of sp³-hybridized carbons (Fsp3) is 0.500. The summed E-state index contributed by atoms with van der Waals surface area (Å²) in [5, 5.41) is 0. The summed E-state index contributed by atoms with van der Waals surface area (Å²) in [5.74, 6) is 4.19. The van der Waals surface area contributed by atoms with Crippen molar-refractivity contribution in [2.75, 3.05) is 5.73 Å². The van der Waals surface area contributed by atoms with Crippen LogP contribution in [0.5, 0.6) is 0 Å². The third kappa shape index (κ3) is 1.83. The topological polar surface area (TPSA) is 43.8 Å². The second-order valence-electron chi connectivity index (χ2n) is 3.03. The molecule has 0 radical (unpaired) electrons. The van der Waals surface area contributed by atoms with Crippen LogP contribution >= 0.6 is 0 Å². The molecule has 13 heavy (non-hydrogen) atoms. The fourth-order valence-electron chi connectivity index (χ4n) is 1.35. The maximum Gasteiger partial charge on any atom is 0.127 e. The van der Waals surface area contributed by atoms with Gasteiger partial charge < -0.3 is 10.3 Å². The van der Waals surface area contributed by atoms with Crippen molar-refractivity contribution in [1.82, 2.24) is 9.55 Å². The number of nitrogens with two attached hydrogens (primary N) is 1. The van der Waals surface area contributed by atoms with Gasteiger partial charge in [0.2, 0.25) is 0 Å². The van der Waals surface area contributed by atoms with E-state index in [1.165, 1.54) is 0 Å². The van der Waals surface area contributed by atoms with Crippen molar-refractivity contribution in [2.24, 2.45) is 0 Å². The molecule has 0 aliphatic heterocycles. The molecule has 0 aromatic carbocycles. The molecule has 1 heterocycles. The molecule has 0 amide bonds. The molecule has 3 nitrogen and oxygen atoms in total. The summed E-state index contributed by atoms with van der Waals surface area (Å²) in [6.07, 6.45) is 7.20. The van der Waals surface area contributed by atoms with Gasteiger partial charge in [0.15, 0.2) is 0 Å². The monoisotopic (exact) mass is 177 g/mol. The van der Waals surface area contributed by atoms with Gasteiger partial charge in [-0.1, -0.05) is 19.3 Å². The number of terminal acetylenes is 1. The van der Waals surface area contributed by atoms with Crippen LogP contribution in [0.25, 0.3) is 0 Å². The number of nitrogens with zero attached hydrogens (tertiary/aromatic N) is 2. The van der Waals surface area contributed by atoms with E-state index in [1.54, 1.807) is 0 Å². The van der Waals surface area contributed by atoms with E-state index >= 15 is 0 Å². The van der Waals surface area contributed by atoms with E-state index in [4.69, 9.17) is 12.2 Å². The fourth-order valence-corrected chi connectivity index (χ4v) is 1.35. The highest BCUT2D eigenvalue weighted by atomic mass is 15.1. The molecule has 0 fully saturated rings. The zero-order valence-corrected chi connectivity index (χ0v) is 8.17. The van der Waals surface area contributed by atoms with Crippen molar-refractivity contribution in [3.63, 3.8) is 0 Å². The lowest BCUT2D eigenvalue weighted by atomic mass is 10.2. The molecule has 1 aromatic rings. The molecule has 0 saturated carbocycles. The second-order valence-corrected chi connectivity index (χ2v) is 3.03. The van der Waals surface area contributed by atoms with Gasteiger partial charge in [0.05, 0.1) is 12.2 Å². The van der Waals surface area contributed by atoms with E-state index in [1.807, 2.05) is 11.5 Å². The van der Waals surface area contributed by atoms with Gasteiger partial charge in [0, 0.05) is 0 Å². The molecule has 3 heteroatoms. The van der Waals surface area contributed by atoms with Gasteiger partial charge >= 0.3 is 0 Å². The van der Waals surface area contributed by atoms with Crippen LogP contribution in [0.1, 0.15) is 24.9 Å². The van der Waals surface area contributed by atoms with Crippen molar-refractivity contribution in [2.45, 2.75) is 33.2 Å². The Morgan fingerprint density at radius 3 is 2.85 bits per heavy atom. The number of anilines is 1. The van der Waals surface area contributed by atoms with Crippen molar-refractivity contribution >= 4 is 5.82 Å².